The van der Waals surface area contributed by atoms with Gasteiger partial charge in [0.05, 0.1) is 6.10 Å². The van der Waals surface area contributed by atoms with Crippen LogP contribution in [0, 0.1) is 11.8 Å². The number of carbonyl (C=O) groups is 1. The van der Waals surface area contributed by atoms with Crippen LogP contribution in [0.4, 0.5) is 5.82 Å². The number of aliphatic hydroxyl groups excluding tert-OH is 1. The van der Waals surface area contributed by atoms with Crippen molar-refractivity contribution in [3.63, 3.8) is 0 Å². The molecular weight excluding hydrogens is 316 g/mol. The Morgan fingerprint density at radius 1 is 1.16 bits per heavy atom. The lowest BCUT2D eigenvalue weighted by Gasteiger charge is -2.34. The lowest BCUT2D eigenvalue weighted by Crippen LogP contribution is -2.39. The summed E-state index contributed by atoms with van der Waals surface area (Å²) in [6.45, 7) is 2.34. The Labute approximate surface area is 145 Å². The van der Waals surface area contributed by atoms with Crippen LogP contribution in [-0.4, -0.2) is 46.7 Å². The van der Waals surface area contributed by atoms with Crippen LogP contribution < -0.4 is 10.2 Å². The SMILES string of the molecule is O=C1NCCc2c1nc(-c1ccccc1)nc2N1C[C@@H]2C[C@@H](O)[C@@H]2C1. The van der Waals surface area contributed by atoms with Crippen LogP contribution in [0.25, 0.3) is 11.4 Å². The lowest BCUT2D eigenvalue weighted by atomic mass is 9.74. The average Bonchev–Trinajstić information content (AvgIpc) is 2.99. The van der Waals surface area contributed by atoms with E-state index in [9.17, 15) is 9.90 Å². The average molecular weight is 336 g/mol. The number of amides is 1. The minimum Gasteiger partial charge on any atom is -0.393 e. The van der Waals surface area contributed by atoms with E-state index in [4.69, 9.17) is 4.98 Å². The van der Waals surface area contributed by atoms with Crippen molar-refractivity contribution in [1.82, 2.24) is 15.3 Å². The van der Waals surface area contributed by atoms with Gasteiger partial charge in [-0.2, -0.15) is 0 Å². The first-order valence-corrected chi connectivity index (χ1v) is 8.88. The molecule has 3 heterocycles. The highest BCUT2D eigenvalue weighted by Crippen LogP contribution is 2.43. The highest BCUT2D eigenvalue weighted by atomic mass is 16.3. The Balaban J connectivity index is 1.61. The molecule has 0 radical (unpaired) electrons. The van der Waals surface area contributed by atoms with Gasteiger partial charge in [0.15, 0.2) is 5.82 Å². The number of benzene rings is 1. The zero-order valence-electron chi connectivity index (χ0n) is 13.9. The molecule has 6 nitrogen and oxygen atoms in total. The zero-order chi connectivity index (χ0) is 17.0. The summed E-state index contributed by atoms with van der Waals surface area (Å²) in [5.41, 5.74) is 2.35. The fraction of sp³-hybridized carbons (Fsp3) is 0.421. The van der Waals surface area contributed by atoms with E-state index < -0.39 is 0 Å². The molecule has 0 spiro atoms. The smallest absolute Gasteiger partial charge is 0.270 e. The van der Waals surface area contributed by atoms with E-state index in [2.05, 4.69) is 15.2 Å². The molecule has 1 saturated heterocycles. The molecular formula is C19H20N4O2. The number of fused-ring (bicyclic) bond motifs is 2. The van der Waals surface area contributed by atoms with Crippen LogP contribution in [-0.2, 0) is 6.42 Å². The summed E-state index contributed by atoms with van der Waals surface area (Å²) in [4.78, 5) is 24.0. The minimum atomic E-state index is -0.190. The summed E-state index contributed by atoms with van der Waals surface area (Å²) in [6, 6.07) is 9.77. The van der Waals surface area contributed by atoms with Crippen molar-refractivity contribution in [2.24, 2.45) is 11.8 Å². The van der Waals surface area contributed by atoms with Gasteiger partial charge in [0.1, 0.15) is 11.5 Å². The maximum absolute atomic E-state index is 12.4. The molecule has 1 aliphatic carbocycles. The largest absolute Gasteiger partial charge is 0.393 e. The molecule has 5 rings (SSSR count). The van der Waals surface area contributed by atoms with Crippen molar-refractivity contribution in [3.8, 4) is 11.4 Å². The normalized spacial score (nSPS) is 27.3. The molecule has 3 aliphatic rings. The van der Waals surface area contributed by atoms with Gasteiger partial charge in [-0.05, 0) is 18.8 Å². The van der Waals surface area contributed by atoms with E-state index in [1.807, 2.05) is 30.3 Å². The molecule has 2 aromatic rings. The fourth-order valence-electron chi connectivity index (χ4n) is 4.30. The molecule has 3 atom stereocenters. The van der Waals surface area contributed by atoms with Gasteiger partial charge < -0.3 is 15.3 Å². The second kappa shape index (κ2) is 5.52. The summed E-state index contributed by atoms with van der Waals surface area (Å²) in [5.74, 6) is 2.22. The number of rotatable bonds is 2. The summed E-state index contributed by atoms with van der Waals surface area (Å²) in [6.07, 6.45) is 1.44. The number of nitrogens with one attached hydrogen (secondary N) is 1. The first-order valence-electron chi connectivity index (χ1n) is 8.88. The lowest BCUT2D eigenvalue weighted by molar-refractivity contribution is -0.00399. The predicted octanol–water partition coefficient (Wildman–Crippen LogP) is 1.25. The third kappa shape index (κ3) is 2.32. The third-order valence-electron chi connectivity index (χ3n) is 5.72. The summed E-state index contributed by atoms with van der Waals surface area (Å²) < 4.78 is 0. The topological polar surface area (TPSA) is 78.4 Å². The van der Waals surface area contributed by atoms with Crippen LogP contribution in [0.3, 0.4) is 0 Å². The van der Waals surface area contributed by atoms with Gasteiger partial charge in [-0.3, -0.25) is 4.79 Å². The number of aliphatic hydroxyl groups is 1. The molecule has 0 unspecified atom stereocenters. The molecule has 1 saturated carbocycles. The third-order valence-corrected chi connectivity index (χ3v) is 5.72. The van der Waals surface area contributed by atoms with Gasteiger partial charge in [0, 0.05) is 36.7 Å². The van der Waals surface area contributed by atoms with Gasteiger partial charge in [-0.25, -0.2) is 9.97 Å². The van der Waals surface area contributed by atoms with Crippen LogP contribution in [0.1, 0.15) is 22.5 Å². The Morgan fingerprint density at radius 2 is 2.00 bits per heavy atom. The molecule has 2 N–H and O–H groups in total. The molecule has 25 heavy (non-hydrogen) atoms. The molecule has 1 amide bonds. The standard InChI is InChI=1S/C19H20N4O2/c24-15-8-12-9-23(10-14(12)15)18-13-6-7-20-19(25)16(13)21-17(22-18)11-4-2-1-3-5-11/h1-5,12,14-15,24H,6-10H2,(H,20,25)/t12-,14+,15+/m0/s1. The van der Waals surface area contributed by atoms with Gasteiger partial charge in [-0.1, -0.05) is 30.3 Å². The highest BCUT2D eigenvalue weighted by Gasteiger charge is 2.47. The Bertz CT molecular complexity index is 839. The Morgan fingerprint density at radius 3 is 2.76 bits per heavy atom. The van der Waals surface area contributed by atoms with Crippen molar-refractivity contribution in [2.75, 3.05) is 24.5 Å². The van der Waals surface area contributed by atoms with Gasteiger partial charge in [0.25, 0.3) is 5.91 Å². The maximum Gasteiger partial charge on any atom is 0.270 e. The van der Waals surface area contributed by atoms with Gasteiger partial charge >= 0.3 is 0 Å². The Hall–Kier alpha value is -2.47. The molecule has 6 heteroatoms. The van der Waals surface area contributed by atoms with Gasteiger partial charge in [-0.15, -0.1) is 0 Å². The van der Waals surface area contributed by atoms with Crippen LogP contribution >= 0.6 is 0 Å². The summed E-state index contributed by atoms with van der Waals surface area (Å²) in [5, 5.41) is 12.9. The Kier molecular flexibility index (Phi) is 3.28. The van der Waals surface area contributed by atoms with E-state index in [-0.39, 0.29) is 12.0 Å². The molecule has 2 aliphatic heterocycles. The number of nitrogens with zero attached hydrogens (tertiary/aromatic N) is 3. The van der Waals surface area contributed by atoms with Crippen molar-refractivity contribution in [2.45, 2.75) is 18.9 Å². The summed E-state index contributed by atoms with van der Waals surface area (Å²) in [7, 11) is 0. The molecule has 128 valence electrons. The van der Waals surface area contributed by atoms with Crippen LogP contribution in [0.15, 0.2) is 30.3 Å². The van der Waals surface area contributed by atoms with Crippen LogP contribution in [0.5, 0.6) is 0 Å². The number of hydrogen-bond acceptors (Lipinski definition) is 5. The zero-order valence-corrected chi connectivity index (χ0v) is 13.9. The molecule has 2 fully saturated rings. The second-order valence-electron chi connectivity index (χ2n) is 7.20. The number of aromatic nitrogens is 2. The maximum atomic E-state index is 12.4. The fourth-order valence-corrected chi connectivity index (χ4v) is 4.30. The van der Waals surface area contributed by atoms with Crippen molar-refractivity contribution < 1.29 is 9.90 Å². The first kappa shape index (κ1) is 14.8. The highest BCUT2D eigenvalue weighted by molar-refractivity contribution is 5.96. The predicted molar refractivity (Wildman–Crippen MR) is 93.3 cm³/mol. The number of carbonyl (C=O) groups excluding carboxylic acids is 1. The second-order valence-corrected chi connectivity index (χ2v) is 7.20. The minimum absolute atomic E-state index is 0.121. The number of anilines is 1. The molecule has 1 aromatic carbocycles. The van der Waals surface area contributed by atoms with E-state index in [1.54, 1.807) is 0 Å². The monoisotopic (exact) mass is 336 g/mol. The van der Waals surface area contributed by atoms with E-state index in [0.29, 0.717) is 29.9 Å². The van der Waals surface area contributed by atoms with E-state index in [0.717, 1.165) is 42.9 Å². The van der Waals surface area contributed by atoms with Crippen molar-refractivity contribution >= 4 is 11.7 Å². The molecule has 1 aromatic heterocycles. The quantitative estimate of drug-likeness (QED) is 0.863. The van der Waals surface area contributed by atoms with E-state index in [1.165, 1.54) is 0 Å². The molecule has 0 bridgehead atoms. The summed E-state index contributed by atoms with van der Waals surface area (Å²) >= 11 is 0. The van der Waals surface area contributed by atoms with Crippen LogP contribution in [0.2, 0.25) is 0 Å². The first-order chi connectivity index (χ1) is 12.2. The van der Waals surface area contributed by atoms with Crippen molar-refractivity contribution in [3.05, 3.63) is 41.6 Å². The van der Waals surface area contributed by atoms with Gasteiger partial charge in [0.2, 0.25) is 0 Å². The van der Waals surface area contributed by atoms with Crippen molar-refractivity contribution in [1.29, 1.82) is 0 Å². The number of hydrogen-bond donors (Lipinski definition) is 2. The van der Waals surface area contributed by atoms with E-state index >= 15 is 0 Å².